The lowest BCUT2D eigenvalue weighted by molar-refractivity contribution is -0.385. The van der Waals surface area contributed by atoms with Crippen LogP contribution in [0.15, 0.2) is 28.7 Å². The van der Waals surface area contributed by atoms with E-state index in [1.54, 1.807) is 33.8 Å². The Kier molecular flexibility index (Phi) is 4.75. The molecule has 0 saturated heterocycles. The fraction of sp³-hybridized carbons (Fsp3) is 0.353. The first-order chi connectivity index (χ1) is 11.1. The van der Waals surface area contributed by atoms with Crippen molar-refractivity contribution in [1.29, 1.82) is 0 Å². The molecule has 0 aliphatic heterocycles. The molecule has 1 aromatic carbocycles. The van der Waals surface area contributed by atoms with Crippen molar-refractivity contribution < 1.29 is 19.2 Å². The van der Waals surface area contributed by atoms with Crippen LogP contribution in [0.1, 0.15) is 39.9 Å². The molecule has 0 aliphatic carbocycles. The summed E-state index contributed by atoms with van der Waals surface area (Å²) in [5.41, 5.74) is -0.00854. The standard InChI is InChI=1S/C17H20N2O5/c1-10-7-13(5-6-15(10)19(22)23)16(20)18-9-17(4,21)14-8-11(2)24-12(14)3/h5-8,21H,9H2,1-4H3,(H,18,20)/t17-/m1/s1. The molecule has 7 heteroatoms. The number of aryl methyl sites for hydroxylation is 3. The number of nitro benzene ring substituents is 1. The van der Waals surface area contributed by atoms with Crippen molar-refractivity contribution in [3.8, 4) is 0 Å². The lowest BCUT2D eigenvalue weighted by atomic mass is 9.96. The first-order valence-corrected chi connectivity index (χ1v) is 7.45. The largest absolute Gasteiger partial charge is 0.466 e. The molecule has 0 spiro atoms. The molecule has 0 bridgehead atoms. The number of hydrogen-bond acceptors (Lipinski definition) is 5. The van der Waals surface area contributed by atoms with Gasteiger partial charge < -0.3 is 14.8 Å². The third-order valence-electron chi connectivity index (χ3n) is 3.87. The Labute approximate surface area is 139 Å². The van der Waals surface area contributed by atoms with Gasteiger partial charge in [0.15, 0.2) is 0 Å². The van der Waals surface area contributed by atoms with Gasteiger partial charge >= 0.3 is 0 Å². The topological polar surface area (TPSA) is 106 Å². The summed E-state index contributed by atoms with van der Waals surface area (Å²) < 4.78 is 5.41. The van der Waals surface area contributed by atoms with Gasteiger partial charge in [0, 0.05) is 22.8 Å². The van der Waals surface area contributed by atoms with Gasteiger partial charge in [-0.15, -0.1) is 0 Å². The van der Waals surface area contributed by atoms with E-state index in [4.69, 9.17) is 4.42 Å². The number of furan rings is 1. The van der Waals surface area contributed by atoms with Crippen LogP contribution in [0.25, 0.3) is 0 Å². The Morgan fingerprint density at radius 2 is 2.00 bits per heavy atom. The normalized spacial score (nSPS) is 13.4. The third kappa shape index (κ3) is 3.62. The predicted molar refractivity (Wildman–Crippen MR) is 87.9 cm³/mol. The number of benzene rings is 1. The molecule has 2 rings (SSSR count). The lowest BCUT2D eigenvalue weighted by Gasteiger charge is -2.23. The average Bonchev–Trinajstić information content (AvgIpc) is 2.84. The van der Waals surface area contributed by atoms with E-state index in [0.717, 1.165) is 0 Å². The van der Waals surface area contributed by atoms with Crippen molar-refractivity contribution in [3.63, 3.8) is 0 Å². The van der Waals surface area contributed by atoms with Gasteiger partial charge in [-0.1, -0.05) is 0 Å². The van der Waals surface area contributed by atoms with Crippen LogP contribution in [0, 0.1) is 30.9 Å². The zero-order valence-electron chi connectivity index (χ0n) is 14.0. The summed E-state index contributed by atoms with van der Waals surface area (Å²) in [4.78, 5) is 22.6. The van der Waals surface area contributed by atoms with Crippen LogP contribution in [0.3, 0.4) is 0 Å². The zero-order valence-corrected chi connectivity index (χ0v) is 14.0. The van der Waals surface area contributed by atoms with Crippen molar-refractivity contribution in [1.82, 2.24) is 5.32 Å². The van der Waals surface area contributed by atoms with Crippen molar-refractivity contribution in [2.45, 2.75) is 33.3 Å². The van der Waals surface area contributed by atoms with Crippen LogP contribution in [0.5, 0.6) is 0 Å². The first-order valence-electron chi connectivity index (χ1n) is 7.45. The molecule has 1 atom stereocenters. The molecule has 2 N–H and O–H groups in total. The number of nitrogens with zero attached hydrogens (tertiary/aromatic N) is 1. The lowest BCUT2D eigenvalue weighted by Crippen LogP contribution is -2.38. The molecule has 1 heterocycles. The summed E-state index contributed by atoms with van der Waals surface area (Å²) in [5.74, 6) is 0.865. The first kappa shape index (κ1) is 17.7. The monoisotopic (exact) mass is 332 g/mol. The maximum atomic E-state index is 12.2. The van der Waals surface area contributed by atoms with Gasteiger partial charge in [0.05, 0.1) is 11.5 Å². The molecule has 0 fully saturated rings. The van der Waals surface area contributed by atoms with Gasteiger partial charge in [0.1, 0.15) is 17.1 Å². The number of carbonyl (C=O) groups is 1. The molecule has 7 nitrogen and oxygen atoms in total. The van der Waals surface area contributed by atoms with Crippen molar-refractivity contribution in [2.75, 3.05) is 6.54 Å². The average molecular weight is 332 g/mol. The van der Waals surface area contributed by atoms with Crippen molar-refractivity contribution >= 4 is 11.6 Å². The number of nitrogens with one attached hydrogen (secondary N) is 1. The number of rotatable bonds is 5. The highest BCUT2D eigenvalue weighted by atomic mass is 16.6. The van der Waals surface area contributed by atoms with Crippen LogP contribution >= 0.6 is 0 Å². The molecule has 2 aromatic rings. The Balaban J connectivity index is 2.11. The minimum absolute atomic E-state index is 0.0122. The second-order valence-corrected chi connectivity index (χ2v) is 6.04. The Morgan fingerprint density at radius 3 is 2.50 bits per heavy atom. The quantitative estimate of drug-likeness (QED) is 0.647. The van der Waals surface area contributed by atoms with E-state index in [-0.39, 0.29) is 12.2 Å². The molecule has 0 saturated carbocycles. The molecule has 0 aliphatic rings. The van der Waals surface area contributed by atoms with E-state index < -0.39 is 16.4 Å². The van der Waals surface area contributed by atoms with E-state index in [1.807, 2.05) is 0 Å². The van der Waals surface area contributed by atoms with Gasteiger partial charge in [-0.2, -0.15) is 0 Å². The summed E-state index contributed by atoms with van der Waals surface area (Å²) in [6, 6.07) is 5.88. The summed E-state index contributed by atoms with van der Waals surface area (Å²) in [5, 5.41) is 24.0. The summed E-state index contributed by atoms with van der Waals surface area (Å²) in [7, 11) is 0. The van der Waals surface area contributed by atoms with Gasteiger partial charge in [-0.25, -0.2) is 0 Å². The van der Waals surface area contributed by atoms with Gasteiger partial charge in [0.2, 0.25) is 0 Å². The number of aliphatic hydroxyl groups is 1. The maximum absolute atomic E-state index is 12.2. The summed E-state index contributed by atoms with van der Waals surface area (Å²) in [6.07, 6.45) is 0. The highest BCUT2D eigenvalue weighted by Gasteiger charge is 2.28. The van der Waals surface area contributed by atoms with Crippen molar-refractivity contribution in [2.24, 2.45) is 0 Å². The molecule has 0 radical (unpaired) electrons. The Morgan fingerprint density at radius 1 is 1.33 bits per heavy atom. The fourth-order valence-electron chi connectivity index (χ4n) is 2.62. The van der Waals surface area contributed by atoms with E-state index in [1.165, 1.54) is 18.2 Å². The van der Waals surface area contributed by atoms with Crippen LogP contribution < -0.4 is 5.32 Å². The summed E-state index contributed by atoms with van der Waals surface area (Å²) >= 11 is 0. The van der Waals surface area contributed by atoms with Crippen LogP contribution in [-0.4, -0.2) is 22.5 Å². The van der Waals surface area contributed by atoms with Crippen LogP contribution in [-0.2, 0) is 5.60 Å². The number of nitro groups is 1. The molecule has 0 unspecified atom stereocenters. The van der Waals surface area contributed by atoms with E-state index in [0.29, 0.717) is 28.2 Å². The fourth-order valence-corrected chi connectivity index (χ4v) is 2.62. The second kappa shape index (κ2) is 6.45. The van der Waals surface area contributed by atoms with Gasteiger partial charge in [0.25, 0.3) is 11.6 Å². The van der Waals surface area contributed by atoms with Gasteiger partial charge in [-0.3, -0.25) is 14.9 Å². The van der Waals surface area contributed by atoms with Gasteiger partial charge in [-0.05, 0) is 45.9 Å². The molecule has 1 amide bonds. The maximum Gasteiger partial charge on any atom is 0.272 e. The number of carbonyl (C=O) groups excluding carboxylic acids is 1. The highest BCUT2D eigenvalue weighted by molar-refractivity contribution is 5.94. The van der Waals surface area contributed by atoms with Crippen LogP contribution in [0.4, 0.5) is 5.69 Å². The smallest absolute Gasteiger partial charge is 0.272 e. The Bertz CT molecular complexity index is 792. The van der Waals surface area contributed by atoms with Crippen LogP contribution in [0.2, 0.25) is 0 Å². The summed E-state index contributed by atoms with van der Waals surface area (Å²) in [6.45, 7) is 6.68. The molecule has 1 aromatic heterocycles. The van der Waals surface area contributed by atoms with E-state index in [2.05, 4.69) is 5.32 Å². The molecule has 24 heavy (non-hydrogen) atoms. The molecule has 128 valence electrons. The third-order valence-corrected chi connectivity index (χ3v) is 3.87. The minimum atomic E-state index is -1.28. The second-order valence-electron chi connectivity index (χ2n) is 6.04. The molecular weight excluding hydrogens is 312 g/mol. The zero-order chi connectivity index (χ0) is 18.1. The number of amides is 1. The SMILES string of the molecule is Cc1cc([C@](C)(O)CNC(=O)c2ccc([N+](=O)[O-])c(C)c2)c(C)o1. The number of hydrogen-bond donors (Lipinski definition) is 2. The minimum Gasteiger partial charge on any atom is -0.466 e. The van der Waals surface area contributed by atoms with Crippen molar-refractivity contribution in [3.05, 3.63) is 62.6 Å². The highest BCUT2D eigenvalue weighted by Crippen LogP contribution is 2.26. The predicted octanol–water partition coefficient (Wildman–Crippen LogP) is 2.75. The van der Waals surface area contributed by atoms with E-state index in [9.17, 15) is 20.0 Å². The Hall–Kier alpha value is -2.67. The van der Waals surface area contributed by atoms with E-state index >= 15 is 0 Å². The molecular formula is C17H20N2O5.